The van der Waals surface area contributed by atoms with Gasteiger partial charge in [0.25, 0.3) is 0 Å². The smallest absolute Gasteiger partial charge is 0.411 e. The third-order valence-corrected chi connectivity index (χ3v) is 12.7. The van der Waals surface area contributed by atoms with Crippen molar-refractivity contribution >= 4 is 51.2 Å². The van der Waals surface area contributed by atoms with Gasteiger partial charge in [-0.25, -0.2) is 13.6 Å². The number of fused-ring (bicyclic) bond motifs is 4. The van der Waals surface area contributed by atoms with Crippen molar-refractivity contribution in [1.82, 2.24) is 19.8 Å². The summed E-state index contributed by atoms with van der Waals surface area (Å²) < 4.78 is 62.4. The number of likely N-dealkylation sites (tertiary alicyclic amines) is 1. The summed E-state index contributed by atoms with van der Waals surface area (Å²) in [6.45, 7) is 13.4. The van der Waals surface area contributed by atoms with E-state index in [9.17, 15) is 9.59 Å². The summed E-state index contributed by atoms with van der Waals surface area (Å²) in [5.41, 5.74) is -1.74. The van der Waals surface area contributed by atoms with Crippen molar-refractivity contribution in [2.45, 2.75) is 110 Å². The van der Waals surface area contributed by atoms with E-state index < -0.39 is 22.8 Å². The molecule has 0 saturated carbocycles. The minimum absolute atomic E-state index is 0.0138. The van der Waals surface area contributed by atoms with Crippen LogP contribution in [0, 0.1) is 17.0 Å². The SMILES string of the molecule is COCOc1cc(-c2c(F)cc3c(N4C[C@H]5CC[C@@](C)(C4)N5C(=O)OC(C)(C)C)nc(OC[C@]4(C)CCCN(CCCCCCC(=O)OC)C4)nc3c2F)c2c(Cl)cccc2c1. The second kappa shape index (κ2) is 18.7. The van der Waals surface area contributed by atoms with Gasteiger partial charge in [-0.2, -0.15) is 9.97 Å². The molecule has 0 radical (unpaired) electrons. The zero-order chi connectivity index (χ0) is 44.4. The largest absolute Gasteiger partial charge is 0.469 e. The fraction of sp³-hybridized carbons (Fsp3) is 0.574. The zero-order valence-corrected chi connectivity index (χ0v) is 37.8. The second-order valence-electron chi connectivity index (χ2n) is 18.8. The van der Waals surface area contributed by atoms with E-state index in [-0.39, 0.29) is 65.0 Å². The van der Waals surface area contributed by atoms with Crippen LogP contribution in [-0.2, 0) is 19.0 Å². The number of aromatic nitrogens is 2. The van der Waals surface area contributed by atoms with E-state index in [1.807, 2.05) is 37.5 Å². The van der Waals surface area contributed by atoms with E-state index in [1.54, 1.807) is 30.3 Å². The normalized spacial score (nSPS) is 21.7. The molecule has 0 aliphatic carbocycles. The number of benzene rings is 3. The molecule has 7 rings (SSSR count). The topological polar surface area (TPSA) is 116 Å². The fourth-order valence-electron chi connectivity index (χ4n) is 9.58. The quantitative estimate of drug-likeness (QED) is 0.0646. The number of hydrogen-bond donors (Lipinski definition) is 0. The van der Waals surface area contributed by atoms with Crippen LogP contribution in [0.5, 0.6) is 11.8 Å². The van der Waals surface area contributed by atoms with Crippen LogP contribution in [0.25, 0.3) is 32.8 Å². The van der Waals surface area contributed by atoms with Gasteiger partial charge in [-0.05, 0) is 109 Å². The molecular formula is C47H60ClF2N5O7. The van der Waals surface area contributed by atoms with E-state index in [0.717, 1.165) is 71.0 Å². The average molecular weight is 880 g/mol. The summed E-state index contributed by atoms with van der Waals surface area (Å²) >= 11 is 6.74. The van der Waals surface area contributed by atoms with Gasteiger partial charge in [-0.3, -0.25) is 9.69 Å². The Labute approximate surface area is 368 Å². The Morgan fingerprint density at radius 1 is 0.984 bits per heavy atom. The number of esters is 1. The third-order valence-electron chi connectivity index (χ3n) is 12.4. The maximum absolute atomic E-state index is 17.5. The molecule has 15 heteroatoms. The summed E-state index contributed by atoms with van der Waals surface area (Å²) in [6, 6.07) is 9.63. The Morgan fingerprint density at radius 3 is 2.52 bits per heavy atom. The van der Waals surface area contributed by atoms with E-state index in [1.165, 1.54) is 20.3 Å². The van der Waals surface area contributed by atoms with Gasteiger partial charge in [0.05, 0.1) is 30.9 Å². The van der Waals surface area contributed by atoms with Crippen LogP contribution < -0.4 is 14.4 Å². The van der Waals surface area contributed by atoms with Gasteiger partial charge >= 0.3 is 18.1 Å². The van der Waals surface area contributed by atoms with Crippen LogP contribution in [0.4, 0.5) is 19.4 Å². The number of piperazine rings is 1. The number of piperidine rings is 1. The van der Waals surface area contributed by atoms with Gasteiger partial charge in [0.2, 0.25) is 0 Å². The molecule has 2 bridgehead atoms. The van der Waals surface area contributed by atoms with Crippen LogP contribution in [0.1, 0.15) is 92.4 Å². The lowest BCUT2D eigenvalue weighted by molar-refractivity contribution is -0.140. The molecule has 0 spiro atoms. The van der Waals surface area contributed by atoms with Crippen LogP contribution in [0.15, 0.2) is 36.4 Å². The summed E-state index contributed by atoms with van der Waals surface area (Å²) in [6.07, 6.45) is 7.29. The highest BCUT2D eigenvalue weighted by atomic mass is 35.5. The second-order valence-corrected chi connectivity index (χ2v) is 19.2. The van der Waals surface area contributed by atoms with Crippen molar-refractivity contribution in [2.24, 2.45) is 5.41 Å². The van der Waals surface area contributed by atoms with Crippen LogP contribution in [-0.4, -0.2) is 109 Å². The molecule has 4 aromatic rings. The number of anilines is 1. The number of nitrogens with zero attached hydrogens (tertiary/aromatic N) is 5. The van der Waals surface area contributed by atoms with Crippen molar-refractivity contribution in [3.8, 4) is 22.9 Å². The lowest BCUT2D eigenvalue weighted by Crippen LogP contribution is -2.63. The first kappa shape index (κ1) is 45.5. The molecule has 3 aliphatic rings. The molecular weight excluding hydrogens is 820 g/mol. The van der Waals surface area contributed by atoms with Gasteiger partial charge in [0.1, 0.15) is 28.5 Å². The van der Waals surface area contributed by atoms with Crippen molar-refractivity contribution < 1.29 is 42.1 Å². The molecule has 12 nitrogen and oxygen atoms in total. The van der Waals surface area contributed by atoms with Gasteiger partial charge in [0, 0.05) is 59.9 Å². The minimum Gasteiger partial charge on any atom is -0.469 e. The summed E-state index contributed by atoms with van der Waals surface area (Å²) in [4.78, 5) is 41.0. The maximum atomic E-state index is 17.5. The average Bonchev–Trinajstić information content (AvgIpc) is 3.43. The number of ether oxygens (including phenoxy) is 5. The molecule has 3 aliphatic heterocycles. The molecule has 3 fully saturated rings. The van der Waals surface area contributed by atoms with Crippen LogP contribution >= 0.6 is 11.6 Å². The first-order valence-electron chi connectivity index (χ1n) is 21.7. The Kier molecular flexibility index (Phi) is 13.7. The monoisotopic (exact) mass is 879 g/mol. The van der Waals surface area contributed by atoms with E-state index in [2.05, 4.69) is 11.8 Å². The predicted octanol–water partition coefficient (Wildman–Crippen LogP) is 9.95. The highest BCUT2D eigenvalue weighted by molar-refractivity contribution is 6.36. The Hall–Kier alpha value is -4.53. The molecule has 336 valence electrons. The van der Waals surface area contributed by atoms with Crippen LogP contribution in [0.3, 0.4) is 0 Å². The first-order valence-corrected chi connectivity index (χ1v) is 22.1. The molecule has 0 N–H and O–H groups in total. The minimum atomic E-state index is -0.887. The highest BCUT2D eigenvalue weighted by Gasteiger charge is 2.52. The van der Waals surface area contributed by atoms with Crippen molar-refractivity contribution in [3.63, 3.8) is 0 Å². The summed E-state index contributed by atoms with van der Waals surface area (Å²) in [5.74, 6) is -1.20. The highest BCUT2D eigenvalue weighted by Crippen LogP contribution is 2.45. The number of carbonyl (C=O) groups is 2. The predicted molar refractivity (Wildman–Crippen MR) is 236 cm³/mol. The molecule has 1 amide bonds. The molecule has 4 heterocycles. The van der Waals surface area contributed by atoms with Crippen molar-refractivity contribution in [1.29, 1.82) is 0 Å². The third kappa shape index (κ3) is 9.97. The molecule has 3 saturated heterocycles. The zero-order valence-electron chi connectivity index (χ0n) is 37.1. The molecule has 3 aromatic carbocycles. The van der Waals surface area contributed by atoms with E-state index in [4.69, 9.17) is 45.3 Å². The Balaban J connectivity index is 1.23. The molecule has 62 heavy (non-hydrogen) atoms. The number of hydrogen-bond acceptors (Lipinski definition) is 11. The van der Waals surface area contributed by atoms with Gasteiger partial charge in [-0.1, -0.05) is 43.5 Å². The lowest BCUT2D eigenvalue weighted by Gasteiger charge is -2.47. The molecule has 3 atom stereocenters. The van der Waals surface area contributed by atoms with Crippen molar-refractivity contribution in [3.05, 3.63) is 53.1 Å². The van der Waals surface area contributed by atoms with Gasteiger partial charge in [0.15, 0.2) is 12.6 Å². The number of carbonyl (C=O) groups excluding carboxylic acids is 2. The number of unbranched alkanes of at least 4 members (excludes halogenated alkanes) is 3. The number of halogens is 3. The van der Waals surface area contributed by atoms with Gasteiger partial charge < -0.3 is 33.5 Å². The lowest BCUT2D eigenvalue weighted by atomic mass is 9.82. The summed E-state index contributed by atoms with van der Waals surface area (Å²) in [7, 11) is 2.91. The van der Waals surface area contributed by atoms with Crippen LogP contribution in [0.2, 0.25) is 5.02 Å². The Bertz CT molecular complexity index is 2290. The fourth-order valence-corrected chi connectivity index (χ4v) is 9.86. The van der Waals surface area contributed by atoms with E-state index in [0.29, 0.717) is 46.9 Å². The van der Waals surface area contributed by atoms with E-state index >= 15 is 8.78 Å². The maximum Gasteiger partial charge on any atom is 0.411 e. The molecule has 0 unspecified atom stereocenters. The summed E-state index contributed by atoms with van der Waals surface area (Å²) in [5, 5.41) is 1.60. The number of amides is 1. The van der Waals surface area contributed by atoms with Crippen molar-refractivity contribution in [2.75, 3.05) is 65.2 Å². The van der Waals surface area contributed by atoms with Gasteiger partial charge in [-0.15, -0.1) is 0 Å². The number of methoxy groups -OCH3 is 2. The first-order chi connectivity index (χ1) is 29.5. The number of rotatable bonds is 15. The Morgan fingerprint density at radius 2 is 1.77 bits per heavy atom. The standard InChI is InChI=1S/C47H60ClF2N5O7/c1-45(2,3)62-44(57)55-31-17-19-47(55,5)27-54(25-31)42-34-24-36(49)39(33-23-32(61-29-58-6)22-30-14-12-15-35(48)38(30)33)40(50)41(34)51-43(52-42)60-28-46(4)18-13-21-53(26-46)20-11-9-8-10-16-37(56)59-7/h12,14-15,22-24,31H,8-11,13,16-21,25-29H2,1-7H3/t31-,46-,47+/m1/s1. The molecule has 1 aromatic heterocycles.